The number of rotatable bonds is 16. The Bertz CT molecular complexity index is 825. The van der Waals surface area contributed by atoms with E-state index in [9.17, 15) is 13.2 Å². The van der Waals surface area contributed by atoms with E-state index in [0.717, 1.165) is 43.2 Å². The van der Waals surface area contributed by atoms with Crippen LogP contribution in [0.25, 0.3) is 0 Å². The number of benzene rings is 2. The van der Waals surface area contributed by atoms with Crippen LogP contribution >= 0.6 is 36.2 Å². The fraction of sp³-hybridized carbons (Fsp3) is 0.520. The molecule has 34 heavy (non-hydrogen) atoms. The van der Waals surface area contributed by atoms with E-state index in [-0.39, 0.29) is 22.7 Å². The Morgan fingerprint density at radius 2 is 1.82 bits per heavy atom. The Labute approximate surface area is 216 Å². The third-order valence-electron chi connectivity index (χ3n) is 5.11. The quantitative estimate of drug-likeness (QED) is 0.131. The lowest BCUT2D eigenvalue weighted by molar-refractivity contribution is -0.0328. The molecule has 0 saturated heterocycles. The van der Waals surface area contributed by atoms with Crippen LogP contribution in [0.15, 0.2) is 63.2 Å². The van der Waals surface area contributed by atoms with Gasteiger partial charge in [-0.05, 0) is 68.5 Å². The zero-order valence-electron chi connectivity index (χ0n) is 19.8. The van der Waals surface area contributed by atoms with E-state index in [1.807, 2.05) is 30.3 Å². The van der Waals surface area contributed by atoms with Crippen molar-refractivity contribution in [2.45, 2.75) is 58.8 Å². The van der Waals surface area contributed by atoms with Crippen molar-refractivity contribution in [2.24, 2.45) is 0 Å². The zero-order valence-corrected chi connectivity index (χ0v) is 22.3. The molecular formula is C25H35F3N2OS3. The highest BCUT2D eigenvalue weighted by molar-refractivity contribution is 8.00. The third-order valence-corrected chi connectivity index (χ3v) is 7.36. The van der Waals surface area contributed by atoms with E-state index in [0.29, 0.717) is 17.2 Å². The number of anilines is 1. The molecular weight excluding hydrogens is 497 g/mol. The molecule has 3 nitrogen and oxygen atoms in total. The molecule has 0 unspecified atom stereocenters. The largest absolute Gasteiger partial charge is 0.446 e. The van der Waals surface area contributed by atoms with E-state index in [1.165, 1.54) is 18.9 Å². The molecule has 0 aliphatic carbocycles. The van der Waals surface area contributed by atoms with Gasteiger partial charge in [-0.3, -0.25) is 0 Å². The van der Waals surface area contributed by atoms with Gasteiger partial charge in [0.15, 0.2) is 0 Å². The number of likely N-dealkylation sites (N-methyl/N-ethyl adjacent to an activating group) is 1. The Kier molecular flexibility index (Phi) is 13.7. The Hall–Kier alpha value is -1.00. The number of hydrogen-bond donors (Lipinski definition) is 2. The summed E-state index contributed by atoms with van der Waals surface area (Å²) in [5, 5.41) is 3.38. The molecule has 2 aromatic carbocycles. The second-order valence-corrected chi connectivity index (χ2v) is 10.8. The van der Waals surface area contributed by atoms with Crippen molar-refractivity contribution < 1.29 is 17.9 Å². The minimum absolute atomic E-state index is 0.00326. The van der Waals surface area contributed by atoms with Crippen LogP contribution in [0, 0.1) is 0 Å². The molecule has 0 amide bonds. The third kappa shape index (κ3) is 12.6. The highest BCUT2D eigenvalue weighted by atomic mass is 32.2. The molecule has 0 radical (unpaired) electrons. The molecule has 0 saturated carbocycles. The number of nitrogens with one attached hydrogen (secondary N) is 1. The molecule has 2 rings (SSSR count). The van der Waals surface area contributed by atoms with Crippen molar-refractivity contribution in [3.05, 3.63) is 48.5 Å². The predicted octanol–water partition coefficient (Wildman–Crippen LogP) is 7.69. The topological polar surface area (TPSA) is 24.5 Å². The fourth-order valence-electron chi connectivity index (χ4n) is 3.23. The van der Waals surface area contributed by atoms with Gasteiger partial charge in [-0.25, -0.2) is 0 Å². The summed E-state index contributed by atoms with van der Waals surface area (Å²) in [6, 6.07) is 14.9. The Morgan fingerprint density at radius 1 is 1.06 bits per heavy atom. The SMILES string of the molecule is CCCCCOCCN(C)CC[C@H](CSc1ccccc1)Nc1ccc(S)cc1SC(F)(F)F. The minimum atomic E-state index is -4.36. The van der Waals surface area contributed by atoms with Crippen LogP contribution in [0.5, 0.6) is 0 Å². The molecule has 0 aliphatic heterocycles. The number of ether oxygens (including phenoxy) is 1. The molecule has 190 valence electrons. The molecule has 0 aliphatic rings. The number of halogens is 3. The average molecular weight is 533 g/mol. The number of nitrogens with zero attached hydrogens (tertiary/aromatic N) is 1. The van der Waals surface area contributed by atoms with Gasteiger partial charge in [-0.1, -0.05) is 38.0 Å². The lowest BCUT2D eigenvalue weighted by atomic mass is 10.2. The van der Waals surface area contributed by atoms with E-state index in [1.54, 1.807) is 23.9 Å². The van der Waals surface area contributed by atoms with Gasteiger partial charge in [-0.15, -0.1) is 24.4 Å². The maximum atomic E-state index is 13.1. The van der Waals surface area contributed by atoms with Gasteiger partial charge in [0.1, 0.15) is 0 Å². The molecule has 0 spiro atoms. The van der Waals surface area contributed by atoms with Crippen molar-refractivity contribution in [3.8, 4) is 0 Å². The summed E-state index contributed by atoms with van der Waals surface area (Å²) in [5.41, 5.74) is -3.87. The first-order valence-corrected chi connectivity index (χ1v) is 13.8. The van der Waals surface area contributed by atoms with Crippen molar-refractivity contribution in [1.29, 1.82) is 0 Å². The standard InChI is InChI=1S/C25H35F3N2OS3/c1-3-4-8-16-31-17-15-30(2)14-13-20(19-33-22-9-6-5-7-10-22)29-23-12-11-21(32)18-24(23)34-25(26,27)28/h5-7,9-12,18,20,29,32H,3-4,8,13-17,19H2,1-2H3/t20-/m1/s1. The zero-order chi connectivity index (χ0) is 24.8. The monoisotopic (exact) mass is 532 g/mol. The van der Waals surface area contributed by atoms with Gasteiger partial charge in [0, 0.05) is 45.3 Å². The first-order chi connectivity index (χ1) is 16.3. The summed E-state index contributed by atoms with van der Waals surface area (Å²) in [7, 11) is 2.05. The van der Waals surface area contributed by atoms with Crippen LogP contribution in [0.4, 0.5) is 18.9 Å². The predicted molar refractivity (Wildman–Crippen MR) is 143 cm³/mol. The summed E-state index contributed by atoms with van der Waals surface area (Å²) in [5.74, 6) is 0.740. The summed E-state index contributed by atoms with van der Waals surface area (Å²) < 4.78 is 45.1. The molecule has 9 heteroatoms. The second kappa shape index (κ2) is 15.9. The van der Waals surface area contributed by atoms with Gasteiger partial charge in [0.05, 0.1) is 6.61 Å². The maximum absolute atomic E-state index is 13.1. The van der Waals surface area contributed by atoms with Gasteiger partial charge in [0.2, 0.25) is 0 Å². The van der Waals surface area contributed by atoms with Gasteiger partial charge < -0.3 is 15.0 Å². The summed E-state index contributed by atoms with van der Waals surface area (Å²) in [4.78, 5) is 4.00. The van der Waals surface area contributed by atoms with Crippen LogP contribution in [0.3, 0.4) is 0 Å². The van der Waals surface area contributed by atoms with Crippen molar-refractivity contribution in [3.63, 3.8) is 0 Å². The number of unbranched alkanes of at least 4 members (excludes halogenated alkanes) is 2. The van der Waals surface area contributed by atoms with E-state index in [2.05, 4.69) is 36.8 Å². The molecule has 1 atom stereocenters. The number of thiol groups is 1. The highest BCUT2D eigenvalue weighted by Gasteiger charge is 2.31. The van der Waals surface area contributed by atoms with Crippen molar-refractivity contribution in [1.82, 2.24) is 4.90 Å². The Balaban J connectivity index is 1.98. The lowest BCUT2D eigenvalue weighted by Crippen LogP contribution is -2.31. The summed E-state index contributed by atoms with van der Waals surface area (Å²) in [6.07, 6.45) is 4.25. The Morgan fingerprint density at radius 3 is 2.53 bits per heavy atom. The highest BCUT2D eigenvalue weighted by Crippen LogP contribution is 2.41. The minimum Gasteiger partial charge on any atom is -0.381 e. The second-order valence-electron chi connectivity index (χ2n) is 8.11. The number of alkyl halides is 3. The number of thioether (sulfide) groups is 2. The van der Waals surface area contributed by atoms with Gasteiger partial charge in [0.25, 0.3) is 0 Å². The first-order valence-electron chi connectivity index (χ1n) is 11.6. The normalized spacial score (nSPS) is 12.8. The average Bonchev–Trinajstić information content (AvgIpc) is 2.79. The van der Waals surface area contributed by atoms with Gasteiger partial charge >= 0.3 is 5.51 Å². The lowest BCUT2D eigenvalue weighted by Gasteiger charge is -2.25. The van der Waals surface area contributed by atoms with Crippen LogP contribution in [0.2, 0.25) is 0 Å². The van der Waals surface area contributed by atoms with E-state index in [4.69, 9.17) is 4.74 Å². The van der Waals surface area contributed by atoms with Crippen LogP contribution in [-0.2, 0) is 4.74 Å². The fourth-order valence-corrected chi connectivity index (χ4v) is 5.19. The summed E-state index contributed by atoms with van der Waals surface area (Å²) in [6.45, 7) is 5.30. The smallest absolute Gasteiger partial charge is 0.381 e. The molecule has 0 heterocycles. The van der Waals surface area contributed by atoms with Crippen molar-refractivity contribution in [2.75, 3.05) is 44.4 Å². The first kappa shape index (κ1) is 29.2. The molecule has 2 aromatic rings. The molecule has 0 aromatic heterocycles. The van der Waals surface area contributed by atoms with Crippen LogP contribution in [-0.4, -0.2) is 55.6 Å². The van der Waals surface area contributed by atoms with Crippen LogP contribution in [0.1, 0.15) is 32.6 Å². The number of hydrogen-bond acceptors (Lipinski definition) is 6. The molecule has 0 fully saturated rings. The van der Waals surface area contributed by atoms with Crippen molar-refractivity contribution >= 4 is 41.8 Å². The maximum Gasteiger partial charge on any atom is 0.446 e. The summed E-state index contributed by atoms with van der Waals surface area (Å²) >= 11 is 5.82. The van der Waals surface area contributed by atoms with Crippen LogP contribution < -0.4 is 5.32 Å². The molecule has 1 N–H and O–H groups in total. The molecule has 0 bridgehead atoms. The van der Waals surface area contributed by atoms with Gasteiger partial charge in [-0.2, -0.15) is 13.2 Å². The van der Waals surface area contributed by atoms with E-state index < -0.39 is 5.51 Å². The van der Waals surface area contributed by atoms with E-state index >= 15 is 0 Å².